The molecule has 1 aliphatic heterocycles. The van der Waals surface area contributed by atoms with Gasteiger partial charge in [0, 0.05) is 11.8 Å². The molecular weight excluding hydrogens is 514 g/mol. The highest BCUT2D eigenvalue weighted by Crippen LogP contribution is 2.39. The molecule has 8 heteroatoms. The van der Waals surface area contributed by atoms with Gasteiger partial charge in [-0.05, 0) is 60.9 Å². The fourth-order valence-electron chi connectivity index (χ4n) is 5.50. The van der Waals surface area contributed by atoms with Gasteiger partial charge in [-0.3, -0.25) is 0 Å². The van der Waals surface area contributed by atoms with E-state index in [-0.39, 0.29) is 6.03 Å². The summed E-state index contributed by atoms with van der Waals surface area (Å²) in [6.45, 7) is 4.40. The molecular formula is C33H31N5O3. The van der Waals surface area contributed by atoms with Crippen molar-refractivity contribution in [3.63, 3.8) is 0 Å². The minimum atomic E-state index is -0.514. The van der Waals surface area contributed by atoms with Gasteiger partial charge in [0.05, 0.1) is 48.0 Å². The normalized spacial score (nSPS) is 14.1. The van der Waals surface area contributed by atoms with E-state index in [0.29, 0.717) is 17.8 Å². The van der Waals surface area contributed by atoms with E-state index < -0.39 is 12.0 Å². The van der Waals surface area contributed by atoms with Gasteiger partial charge in [-0.2, -0.15) is 5.10 Å². The smallest absolute Gasteiger partial charge is 0.339 e. The summed E-state index contributed by atoms with van der Waals surface area (Å²) < 4.78 is 9.04. The van der Waals surface area contributed by atoms with Crippen LogP contribution < -0.4 is 5.32 Å². The van der Waals surface area contributed by atoms with E-state index in [2.05, 4.69) is 41.1 Å². The SMILES string of the molecule is CCc1ccc(C2c3cccn3-c3c(c(C)nn3-c3ccccc3)CN2C(=O)Nc2ccccc2C(=O)OC)cc1. The zero-order chi connectivity index (χ0) is 28.5. The highest BCUT2D eigenvalue weighted by molar-refractivity contribution is 6.01. The van der Waals surface area contributed by atoms with E-state index in [0.717, 1.165) is 40.4 Å². The van der Waals surface area contributed by atoms with Gasteiger partial charge in [-0.25, -0.2) is 14.3 Å². The molecule has 6 rings (SSSR count). The van der Waals surface area contributed by atoms with Gasteiger partial charge < -0.3 is 19.5 Å². The van der Waals surface area contributed by atoms with Gasteiger partial charge >= 0.3 is 12.0 Å². The molecule has 0 saturated carbocycles. The van der Waals surface area contributed by atoms with Gasteiger partial charge in [0.15, 0.2) is 0 Å². The Hall–Kier alpha value is -5.11. The Morgan fingerprint density at radius 1 is 0.951 bits per heavy atom. The van der Waals surface area contributed by atoms with Crippen molar-refractivity contribution in [3.05, 3.63) is 131 Å². The van der Waals surface area contributed by atoms with Gasteiger partial charge in [0.2, 0.25) is 0 Å². The summed E-state index contributed by atoms with van der Waals surface area (Å²) in [7, 11) is 1.33. The van der Waals surface area contributed by atoms with Crippen LogP contribution in [0.25, 0.3) is 11.5 Å². The lowest BCUT2D eigenvalue weighted by molar-refractivity contribution is 0.0602. The molecule has 1 unspecified atom stereocenters. The molecule has 3 aromatic carbocycles. The number of carbonyl (C=O) groups is 2. The molecule has 41 heavy (non-hydrogen) atoms. The van der Waals surface area contributed by atoms with Crippen LogP contribution in [0.1, 0.15) is 51.4 Å². The van der Waals surface area contributed by atoms with Crippen molar-refractivity contribution in [2.24, 2.45) is 0 Å². The van der Waals surface area contributed by atoms with Crippen LogP contribution in [0.4, 0.5) is 10.5 Å². The van der Waals surface area contributed by atoms with Crippen LogP contribution in [0.2, 0.25) is 0 Å². The molecule has 1 aliphatic rings. The van der Waals surface area contributed by atoms with E-state index in [1.165, 1.54) is 12.7 Å². The number of hydrogen-bond acceptors (Lipinski definition) is 4. The zero-order valence-corrected chi connectivity index (χ0v) is 23.2. The van der Waals surface area contributed by atoms with Gasteiger partial charge in [-0.15, -0.1) is 0 Å². The second-order valence-corrected chi connectivity index (χ2v) is 10.0. The number of aromatic nitrogens is 3. The average Bonchev–Trinajstić information content (AvgIpc) is 3.57. The molecule has 2 aromatic heterocycles. The summed E-state index contributed by atoms with van der Waals surface area (Å²) in [4.78, 5) is 28.5. The fourth-order valence-corrected chi connectivity index (χ4v) is 5.50. The minimum Gasteiger partial charge on any atom is -0.465 e. The highest BCUT2D eigenvalue weighted by atomic mass is 16.5. The van der Waals surface area contributed by atoms with Crippen molar-refractivity contribution >= 4 is 17.7 Å². The first-order valence-electron chi connectivity index (χ1n) is 13.7. The number of nitrogens with zero attached hydrogens (tertiary/aromatic N) is 4. The standard InChI is InChI=1S/C33H31N5O3/c1-4-23-16-18-24(19-17-23)30-29-15-10-20-36(29)31-27(22(2)35-38(31)25-11-6-5-7-12-25)21-37(30)33(40)34-28-14-9-8-13-26(28)32(39)41-3/h5-20,30H,4,21H2,1-3H3,(H,34,40). The molecule has 0 aliphatic carbocycles. The summed E-state index contributed by atoms with van der Waals surface area (Å²) in [6.07, 6.45) is 2.95. The number of nitrogens with one attached hydrogen (secondary N) is 1. The number of methoxy groups -OCH3 is 1. The Morgan fingerprint density at radius 3 is 2.41 bits per heavy atom. The Kier molecular flexibility index (Phi) is 6.89. The lowest BCUT2D eigenvalue weighted by Gasteiger charge is -2.31. The Bertz CT molecular complexity index is 1720. The second kappa shape index (κ2) is 10.8. The number of para-hydroxylation sites is 2. The molecule has 8 nitrogen and oxygen atoms in total. The van der Waals surface area contributed by atoms with Crippen LogP contribution >= 0.6 is 0 Å². The maximum absolute atomic E-state index is 14.2. The van der Waals surface area contributed by atoms with E-state index in [9.17, 15) is 9.59 Å². The summed E-state index contributed by atoms with van der Waals surface area (Å²) in [5.74, 6) is 0.383. The minimum absolute atomic E-state index is 0.291. The number of rotatable bonds is 5. The van der Waals surface area contributed by atoms with E-state index >= 15 is 0 Å². The molecule has 3 heterocycles. The first-order chi connectivity index (χ1) is 20.0. The quantitative estimate of drug-likeness (QED) is 0.257. The van der Waals surface area contributed by atoms with Crippen LogP contribution in [0.15, 0.2) is 97.2 Å². The lowest BCUT2D eigenvalue weighted by atomic mass is 9.99. The number of benzene rings is 3. The molecule has 2 amide bonds. The number of hydrogen-bond donors (Lipinski definition) is 1. The van der Waals surface area contributed by atoms with Crippen molar-refractivity contribution in [2.75, 3.05) is 12.4 Å². The molecule has 1 atom stereocenters. The van der Waals surface area contributed by atoms with Crippen molar-refractivity contribution in [2.45, 2.75) is 32.9 Å². The largest absolute Gasteiger partial charge is 0.465 e. The van der Waals surface area contributed by atoms with Gasteiger partial charge in [0.25, 0.3) is 0 Å². The number of anilines is 1. The maximum Gasteiger partial charge on any atom is 0.339 e. The summed E-state index contributed by atoms with van der Waals surface area (Å²) in [6, 6.07) is 28.6. The van der Waals surface area contributed by atoms with Crippen molar-refractivity contribution < 1.29 is 14.3 Å². The second-order valence-electron chi connectivity index (χ2n) is 10.0. The Balaban J connectivity index is 1.52. The third-order valence-corrected chi connectivity index (χ3v) is 7.63. The summed E-state index contributed by atoms with van der Waals surface area (Å²) >= 11 is 0. The number of fused-ring (bicyclic) bond motifs is 3. The molecule has 0 saturated heterocycles. The number of aryl methyl sites for hydroxylation is 2. The van der Waals surface area contributed by atoms with E-state index in [4.69, 9.17) is 9.84 Å². The maximum atomic E-state index is 14.2. The first kappa shape index (κ1) is 26.1. The van der Waals surface area contributed by atoms with E-state index in [1.807, 2.05) is 65.2 Å². The van der Waals surface area contributed by atoms with Gasteiger partial charge in [0.1, 0.15) is 5.82 Å². The van der Waals surface area contributed by atoms with Crippen LogP contribution in [0.5, 0.6) is 0 Å². The predicted octanol–water partition coefficient (Wildman–Crippen LogP) is 6.46. The third-order valence-electron chi connectivity index (χ3n) is 7.63. The monoisotopic (exact) mass is 545 g/mol. The number of ether oxygens (including phenoxy) is 1. The van der Waals surface area contributed by atoms with Gasteiger partial charge in [-0.1, -0.05) is 61.5 Å². The van der Waals surface area contributed by atoms with Crippen LogP contribution in [0.3, 0.4) is 0 Å². The predicted molar refractivity (Wildman–Crippen MR) is 158 cm³/mol. The summed E-state index contributed by atoms with van der Waals surface area (Å²) in [5.41, 5.74) is 6.53. The van der Waals surface area contributed by atoms with Crippen LogP contribution in [-0.4, -0.2) is 38.4 Å². The molecule has 0 bridgehead atoms. The molecule has 0 spiro atoms. The molecule has 1 N–H and O–H groups in total. The number of amides is 2. The summed E-state index contributed by atoms with van der Waals surface area (Å²) in [5, 5.41) is 7.91. The van der Waals surface area contributed by atoms with Crippen molar-refractivity contribution in [3.8, 4) is 11.5 Å². The fraction of sp³-hybridized carbons (Fsp3) is 0.182. The molecule has 206 valence electrons. The Morgan fingerprint density at radius 2 is 1.68 bits per heavy atom. The average molecular weight is 546 g/mol. The Labute approximate surface area is 238 Å². The van der Waals surface area contributed by atoms with Crippen LogP contribution in [0, 0.1) is 6.92 Å². The number of esters is 1. The van der Waals surface area contributed by atoms with E-state index in [1.54, 1.807) is 24.3 Å². The zero-order valence-electron chi connectivity index (χ0n) is 23.2. The third kappa shape index (κ3) is 4.67. The van der Waals surface area contributed by atoms with Crippen LogP contribution in [-0.2, 0) is 17.7 Å². The lowest BCUT2D eigenvalue weighted by Crippen LogP contribution is -2.38. The highest BCUT2D eigenvalue weighted by Gasteiger charge is 2.36. The topological polar surface area (TPSA) is 81.4 Å². The van der Waals surface area contributed by atoms with Crippen molar-refractivity contribution in [1.82, 2.24) is 19.2 Å². The van der Waals surface area contributed by atoms with Crippen molar-refractivity contribution in [1.29, 1.82) is 0 Å². The molecule has 0 radical (unpaired) electrons. The molecule has 5 aromatic rings. The number of urea groups is 1. The number of carbonyl (C=O) groups excluding carboxylic acids is 2. The molecule has 0 fully saturated rings. The first-order valence-corrected chi connectivity index (χ1v) is 13.7.